The smallest absolute Gasteiger partial charge is 0.338 e. The number of carbonyl (C=O) groups is 3. The fourth-order valence-electron chi connectivity index (χ4n) is 1.88. The molecule has 0 unspecified atom stereocenters. The molecule has 2 amide bonds. The molecule has 2 rings (SSSR count). The van der Waals surface area contributed by atoms with E-state index in [9.17, 15) is 14.4 Å². The number of carbonyl (C=O) groups excluding carboxylic acids is 3. The van der Waals surface area contributed by atoms with Gasteiger partial charge in [0.1, 0.15) is 5.75 Å². The number of anilines is 1. The Labute approximate surface area is 159 Å². The Morgan fingerprint density at radius 2 is 1.58 bits per heavy atom. The van der Waals surface area contributed by atoms with Crippen molar-refractivity contribution in [1.29, 1.82) is 0 Å². The van der Waals surface area contributed by atoms with Crippen molar-refractivity contribution in [2.45, 2.75) is 0 Å². The van der Waals surface area contributed by atoms with Crippen molar-refractivity contribution in [3.8, 4) is 5.75 Å². The number of hydrogen-bond donors (Lipinski definition) is 2. The van der Waals surface area contributed by atoms with Gasteiger partial charge in [0, 0.05) is 15.7 Å². The zero-order valence-electron chi connectivity index (χ0n) is 13.3. The van der Waals surface area contributed by atoms with Crippen molar-refractivity contribution in [2.24, 2.45) is 5.73 Å². The summed E-state index contributed by atoms with van der Waals surface area (Å²) >= 11 is 11.7. The van der Waals surface area contributed by atoms with E-state index < -0.39 is 24.4 Å². The van der Waals surface area contributed by atoms with Gasteiger partial charge >= 0.3 is 5.97 Å². The molecule has 0 spiro atoms. The van der Waals surface area contributed by atoms with Gasteiger partial charge < -0.3 is 20.5 Å². The molecular weight excluding hydrogens is 383 g/mol. The number of hydrogen-bond acceptors (Lipinski definition) is 5. The molecular formula is C17H14Cl2N2O5. The number of nitrogens with two attached hydrogens (primary N) is 1. The van der Waals surface area contributed by atoms with Crippen LogP contribution in [0.5, 0.6) is 5.75 Å². The molecule has 0 aliphatic rings. The third kappa shape index (κ3) is 6.27. The van der Waals surface area contributed by atoms with Gasteiger partial charge in [-0.15, -0.1) is 0 Å². The van der Waals surface area contributed by atoms with Gasteiger partial charge in [-0.2, -0.15) is 0 Å². The number of benzene rings is 2. The number of rotatable bonds is 7. The number of halogens is 2. The van der Waals surface area contributed by atoms with Crippen LogP contribution in [0.1, 0.15) is 10.4 Å². The first-order valence-electron chi connectivity index (χ1n) is 7.28. The quantitative estimate of drug-likeness (QED) is 0.699. The minimum Gasteiger partial charge on any atom is -0.484 e. The van der Waals surface area contributed by atoms with E-state index >= 15 is 0 Å². The number of primary amides is 1. The molecule has 0 aliphatic carbocycles. The van der Waals surface area contributed by atoms with Crippen LogP contribution in [0.4, 0.5) is 5.69 Å². The van der Waals surface area contributed by atoms with Gasteiger partial charge in [-0.05, 0) is 42.5 Å². The first-order valence-corrected chi connectivity index (χ1v) is 8.03. The van der Waals surface area contributed by atoms with Gasteiger partial charge in [0.2, 0.25) is 0 Å². The summed E-state index contributed by atoms with van der Waals surface area (Å²) in [5.74, 6) is -1.47. The Morgan fingerprint density at radius 3 is 2.15 bits per heavy atom. The third-order valence-corrected chi connectivity index (χ3v) is 3.39. The Kier molecular flexibility index (Phi) is 6.82. The lowest BCUT2D eigenvalue weighted by Crippen LogP contribution is -2.21. The Bertz CT molecular complexity index is 804. The molecule has 0 aliphatic heterocycles. The molecule has 26 heavy (non-hydrogen) atoms. The maximum atomic E-state index is 11.9. The van der Waals surface area contributed by atoms with E-state index in [1.165, 1.54) is 42.5 Å². The van der Waals surface area contributed by atoms with Crippen LogP contribution in [0.25, 0.3) is 0 Å². The standard InChI is InChI=1S/C17H14Cl2N2O5/c18-11-5-12(19)7-13(6-11)21-16(23)9-26-17(24)10-1-3-14(4-2-10)25-8-15(20)22/h1-7H,8-9H2,(H2,20,22)(H,21,23). The van der Waals surface area contributed by atoms with Crippen LogP contribution in [-0.2, 0) is 14.3 Å². The Morgan fingerprint density at radius 1 is 0.962 bits per heavy atom. The lowest BCUT2D eigenvalue weighted by atomic mass is 10.2. The molecule has 2 aromatic rings. The molecule has 0 atom stereocenters. The maximum absolute atomic E-state index is 11.9. The summed E-state index contributed by atoms with van der Waals surface area (Å²) in [4.78, 5) is 34.4. The largest absolute Gasteiger partial charge is 0.484 e. The van der Waals surface area contributed by atoms with E-state index in [1.807, 2.05) is 0 Å². The molecule has 0 bridgehead atoms. The molecule has 0 saturated carbocycles. The molecule has 7 nitrogen and oxygen atoms in total. The zero-order valence-corrected chi connectivity index (χ0v) is 14.8. The lowest BCUT2D eigenvalue weighted by Gasteiger charge is -2.08. The highest BCUT2D eigenvalue weighted by Gasteiger charge is 2.11. The van der Waals surface area contributed by atoms with Crippen molar-refractivity contribution in [3.05, 3.63) is 58.1 Å². The predicted octanol–water partition coefficient (Wildman–Crippen LogP) is 2.65. The molecule has 9 heteroatoms. The van der Waals surface area contributed by atoms with Crippen LogP contribution in [0.2, 0.25) is 10.0 Å². The van der Waals surface area contributed by atoms with Gasteiger partial charge in [-0.25, -0.2) is 4.79 Å². The van der Waals surface area contributed by atoms with Crippen molar-refractivity contribution >= 4 is 46.7 Å². The molecule has 0 heterocycles. The average Bonchev–Trinajstić information content (AvgIpc) is 2.57. The number of esters is 1. The van der Waals surface area contributed by atoms with E-state index in [0.29, 0.717) is 21.5 Å². The second kappa shape index (κ2) is 9.07. The monoisotopic (exact) mass is 396 g/mol. The lowest BCUT2D eigenvalue weighted by molar-refractivity contribution is -0.120. The average molecular weight is 397 g/mol. The van der Waals surface area contributed by atoms with Gasteiger partial charge in [0.15, 0.2) is 13.2 Å². The number of ether oxygens (including phenoxy) is 2. The number of amides is 2. The van der Waals surface area contributed by atoms with Crippen molar-refractivity contribution in [3.63, 3.8) is 0 Å². The molecule has 0 fully saturated rings. The summed E-state index contributed by atoms with van der Waals surface area (Å²) in [7, 11) is 0. The maximum Gasteiger partial charge on any atom is 0.338 e. The van der Waals surface area contributed by atoms with E-state index in [0.717, 1.165) is 0 Å². The van der Waals surface area contributed by atoms with E-state index in [2.05, 4.69) is 5.32 Å². The van der Waals surface area contributed by atoms with Crippen molar-refractivity contribution in [1.82, 2.24) is 0 Å². The van der Waals surface area contributed by atoms with E-state index in [1.54, 1.807) is 0 Å². The molecule has 0 saturated heterocycles. The fourth-order valence-corrected chi connectivity index (χ4v) is 2.41. The highest BCUT2D eigenvalue weighted by Crippen LogP contribution is 2.22. The van der Waals surface area contributed by atoms with Crippen molar-refractivity contribution in [2.75, 3.05) is 18.5 Å². The molecule has 0 aromatic heterocycles. The highest BCUT2D eigenvalue weighted by atomic mass is 35.5. The van der Waals surface area contributed by atoms with E-state index in [4.69, 9.17) is 38.4 Å². The van der Waals surface area contributed by atoms with Crippen LogP contribution in [0.15, 0.2) is 42.5 Å². The normalized spacial score (nSPS) is 10.1. The molecule has 3 N–H and O–H groups in total. The summed E-state index contributed by atoms with van der Waals surface area (Å²) in [5.41, 5.74) is 5.57. The van der Waals surface area contributed by atoms with Crippen LogP contribution in [0.3, 0.4) is 0 Å². The Hall–Kier alpha value is -2.77. The van der Waals surface area contributed by atoms with Gasteiger partial charge in [-0.3, -0.25) is 9.59 Å². The topological polar surface area (TPSA) is 108 Å². The summed E-state index contributed by atoms with van der Waals surface area (Å²) in [5, 5.41) is 3.25. The second-order valence-electron chi connectivity index (χ2n) is 5.06. The third-order valence-electron chi connectivity index (χ3n) is 2.95. The zero-order chi connectivity index (χ0) is 19.1. The van der Waals surface area contributed by atoms with Crippen LogP contribution >= 0.6 is 23.2 Å². The second-order valence-corrected chi connectivity index (χ2v) is 5.93. The molecule has 2 aromatic carbocycles. The Balaban J connectivity index is 1.85. The summed E-state index contributed by atoms with van der Waals surface area (Å²) in [6.07, 6.45) is 0. The number of nitrogens with one attached hydrogen (secondary N) is 1. The van der Waals surface area contributed by atoms with Gasteiger partial charge in [0.05, 0.1) is 5.56 Å². The molecule has 0 radical (unpaired) electrons. The van der Waals surface area contributed by atoms with Crippen molar-refractivity contribution < 1.29 is 23.9 Å². The van der Waals surface area contributed by atoms with Crippen LogP contribution in [0, 0.1) is 0 Å². The summed E-state index contributed by atoms with van der Waals surface area (Å²) in [6, 6.07) is 10.4. The highest BCUT2D eigenvalue weighted by molar-refractivity contribution is 6.35. The van der Waals surface area contributed by atoms with Crippen LogP contribution in [-0.4, -0.2) is 31.0 Å². The first-order chi connectivity index (χ1) is 12.3. The summed E-state index contributed by atoms with van der Waals surface area (Å²) in [6.45, 7) is -0.750. The van der Waals surface area contributed by atoms with Crippen LogP contribution < -0.4 is 15.8 Å². The minimum absolute atomic E-state index is 0.218. The predicted molar refractivity (Wildman–Crippen MR) is 96.5 cm³/mol. The minimum atomic E-state index is -0.689. The fraction of sp³-hybridized carbons (Fsp3) is 0.118. The van der Waals surface area contributed by atoms with Gasteiger partial charge in [-0.1, -0.05) is 23.2 Å². The SMILES string of the molecule is NC(=O)COc1ccc(C(=O)OCC(=O)Nc2cc(Cl)cc(Cl)c2)cc1. The van der Waals surface area contributed by atoms with E-state index in [-0.39, 0.29) is 12.2 Å². The van der Waals surface area contributed by atoms with Gasteiger partial charge in [0.25, 0.3) is 11.8 Å². The summed E-state index contributed by atoms with van der Waals surface area (Å²) < 4.78 is 10.0. The molecule has 136 valence electrons. The first kappa shape index (κ1) is 19.6.